The predicted octanol–water partition coefficient (Wildman–Crippen LogP) is 2.20. The van der Waals surface area contributed by atoms with Crippen LogP contribution in [0.2, 0.25) is 0 Å². The van der Waals surface area contributed by atoms with Gasteiger partial charge in [-0.15, -0.1) is 0 Å². The normalized spacial score (nSPS) is 23.7. The molecule has 76 valence electrons. The summed E-state index contributed by atoms with van der Waals surface area (Å²) in [4.78, 5) is 6.66. The highest BCUT2D eigenvalue weighted by Crippen LogP contribution is 2.25. The number of aryl methyl sites for hydroxylation is 1. The van der Waals surface area contributed by atoms with Crippen LogP contribution in [0.15, 0.2) is 18.3 Å². The minimum atomic E-state index is 0.718. The fourth-order valence-electron chi connectivity index (χ4n) is 2.26. The summed E-state index contributed by atoms with van der Waals surface area (Å²) in [5, 5.41) is 0. The van der Waals surface area contributed by atoms with Gasteiger partial charge in [-0.2, -0.15) is 0 Å². The smallest absolute Gasteiger partial charge is 0.0375 e. The minimum Gasteiger partial charge on any atom is -0.306 e. The number of rotatable bonds is 1. The second kappa shape index (κ2) is 4.09. The fraction of sp³-hybridized carbons (Fsp3) is 0.583. The molecule has 0 radical (unpaired) electrons. The first-order chi connectivity index (χ1) is 6.75. The molecular formula is C12H18N2. The molecule has 0 bridgehead atoms. The Kier molecular flexibility index (Phi) is 2.82. The van der Waals surface area contributed by atoms with E-state index in [2.05, 4.69) is 36.0 Å². The van der Waals surface area contributed by atoms with E-state index in [0.717, 1.165) is 11.6 Å². The quantitative estimate of drug-likeness (QED) is 0.675. The molecule has 2 rings (SSSR count). The number of aromatic nitrogens is 1. The molecule has 0 unspecified atom stereocenters. The fourth-order valence-corrected chi connectivity index (χ4v) is 2.26. The Balaban J connectivity index is 2.14. The summed E-state index contributed by atoms with van der Waals surface area (Å²) in [5.41, 5.74) is 2.60. The van der Waals surface area contributed by atoms with E-state index < -0.39 is 0 Å². The van der Waals surface area contributed by atoms with Gasteiger partial charge in [-0.3, -0.25) is 4.98 Å². The molecule has 0 spiro atoms. The molecule has 2 heteroatoms. The molecule has 1 aliphatic heterocycles. The zero-order valence-corrected chi connectivity index (χ0v) is 9.03. The van der Waals surface area contributed by atoms with Crippen molar-refractivity contribution in [2.24, 2.45) is 0 Å². The van der Waals surface area contributed by atoms with Crippen LogP contribution in [0.25, 0.3) is 0 Å². The highest BCUT2D eigenvalue weighted by molar-refractivity contribution is 5.20. The van der Waals surface area contributed by atoms with Crippen LogP contribution in [0.4, 0.5) is 0 Å². The molecule has 1 atom stereocenters. The van der Waals surface area contributed by atoms with Crippen LogP contribution in [0.1, 0.15) is 30.0 Å². The number of likely N-dealkylation sites (N-methyl/N-ethyl adjacent to an activating group) is 1. The number of likely N-dealkylation sites (tertiary alicyclic amines) is 1. The summed E-state index contributed by atoms with van der Waals surface area (Å²) in [6.07, 6.45) is 4.58. The molecule has 0 aliphatic carbocycles. The number of pyridine rings is 1. The average molecular weight is 190 g/mol. The third kappa shape index (κ3) is 2.13. The zero-order valence-electron chi connectivity index (χ0n) is 9.03. The second-order valence-corrected chi connectivity index (χ2v) is 4.33. The summed E-state index contributed by atoms with van der Waals surface area (Å²) >= 11 is 0. The van der Waals surface area contributed by atoms with E-state index in [1.807, 2.05) is 6.20 Å². The Labute approximate surface area is 86.0 Å². The van der Waals surface area contributed by atoms with E-state index in [9.17, 15) is 0 Å². The molecule has 0 saturated carbocycles. The van der Waals surface area contributed by atoms with Gasteiger partial charge in [0.1, 0.15) is 0 Å². The second-order valence-electron chi connectivity index (χ2n) is 4.33. The molecule has 2 heterocycles. The lowest BCUT2D eigenvalue weighted by molar-refractivity contribution is 0.250. The summed E-state index contributed by atoms with van der Waals surface area (Å²) in [7, 11) is 2.21. The molecule has 0 N–H and O–H groups in total. The van der Waals surface area contributed by atoms with Gasteiger partial charge in [0.25, 0.3) is 0 Å². The van der Waals surface area contributed by atoms with Crippen molar-refractivity contribution in [3.63, 3.8) is 0 Å². The van der Waals surface area contributed by atoms with Crippen molar-refractivity contribution in [3.05, 3.63) is 29.6 Å². The van der Waals surface area contributed by atoms with Gasteiger partial charge >= 0.3 is 0 Å². The molecule has 0 aromatic carbocycles. The third-order valence-corrected chi connectivity index (χ3v) is 3.02. The van der Waals surface area contributed by atoms with Crippen molar-refractivity contribution in [3.8, 4) is 0 Å². The molecular weight excluding hydrogens is 172 g/mol. The van der Waals surface area contributed by atoms with Crippen molar-refractivity contribution in [1.82, 2.24) is 9.88 Å². The first-order valence-electron chi connectivity index (χ1n) is 5.37. The van der Waals surface area contributed by atoms with Crippen LogP contribution in [-0.2, 0) is 0 Å². The van der Waals surface area contributed by atoms with Crippen LogP contribution in [0.5, 0.6) is 0 Å². The maximum atomic E-state index is 4.24. The lowest BCUT2D eigenvalue weighted by Crippen LogP contribution is -2.30. The summed E-state index contributed by atoms with van der Waals surface area (Å²) < 4.78 is 0. The Morgan fingerprint density at radius 2 is 2.36 bits per heavy atom. The maximum absolute atomic E-state index is 4.24. The Morgan fingerprint density at radius 3 is 3.07 bits per heavy atom. The van der Waals surface area contributed by atoms with E-state index in [1.54, 1.807) is 0 Å². The van der Waals surface area contributed by atoms with E-state index in [1.165, 1.54) is 31.5 Å². The van der Waals surface area contributed by atoms with Crippen LogP contribution in [0.3, 0.4) is 0 Å². The standard InChI is InChI=1S/C12H18N2/c1-10-8-11(5-6-13-10)12-4-3-7-14(2)9-12/h5-6,8,12H,3-4,7,9H2,1-2H3/t12-/m1/s1. The van der Waals surface area contributed by atoms with E-state index in [0.29, 0.717) is 0 Å². The monoisotopic (exact) mass is 190 g/mol. The minimum absolute atomic E-state index is 0.718. The number of nitrogens with zero attached hydrogens (tertiary/aromatic N) is 2. The molecule has 1 aromatic heterocycles. The maximum Gasteiger partial charge on any atom is 0.0375 e. The van der Waals surface area contributed by atoms with E-state index >= 15 is 0 Å². The van der Waals surface area contributed by atoms with Crippen molar-refractivity contribution >= 4 is 0 Å². The van der Waals surface area contributed by atoms with Crippen molar-refractivity contribution in [1.29, 1.82) is 0 Å². The Morgan fingerprint density at radius 1 is 1.50 bits per heavy atom. The van der Waals surface area contributed by atoms with Gasteiger partial charge in [-0.25, -0.2) is 0 Å². The van der Waals surface area contributed by atoms with Crippen molar-refractivity contribution in [2.75, 3.05) is 20.1 Å². The lowest BCUT2D eigenvalue weighted by atomic mass is 9.91. The van der Waals surface area contributed by atoms with E-state index in [-0.39, 0.29) is 0 Å². The molecule has 1 fully saturated rings. The summed E-state index contributed by atoms with van der Waals surface area (Å²) in [5.74, 6) is 0.718. The molecule has 1 saturated heterocycles. The van der Waals surface area contributed by atoms with Gasteiger partial charge in [-0.1, -0.05) is 0 Å². The highest BCUT2D eigenvalue weighted by atomic mass is 15.1. The molecule has 0 amide bonds. The number of piperidine rings is 1. The van der Waals surface area contributed by atoms with Crippen LogP contribution < -0.4 is 0 Å². The van der Waals surface area contributed by atoms with Gasteiger partial charge < -0.3 is 4.90 Å². The SMILES string of the molecule is Cc1cc([C@@H]2CCCN(C)C2)ccn1. The van der Waals surface area contributed by atoms with Crippen molar-refractivity contribution < 1.29 is 0 Å². The van der Waals surface area contributed by atoms with Gasteiger partial charge in [-0.05, 0) is 57.0 Å². The summed E-state index contributed by atoms with van der Waals surface area (Å²) in [6.45, 7) is 4.51. The molecule has 14 heavy (non-hydrogen) atoms. The molecule has 1 aromatic rings. The van der Waals surface area contributed by atoms with E-state index in [4.69, 9.17) is 0 Å². The average Bonchev–Trinajstić information content (AvgIpc) is 2.18. The number of hydrogen-bond donors (Lipinski definition) is 0. The topological polar surface area (TPSA) is 16.1 Å². The Bertz CT molecular complexity index is 309. The third-order valence-electron chi connectivity index (χ3n) is 3.02. The van der Waals surface area contributed by atoms with Crippen LogP contribution >= 0.6 is 0 Å². The van der Waals surface area contributed by atoms with Crippen molar-refractivity contribution in [2.45, 2.75) is 25.7 Å². The van der Waals surface area contributed by atoms with Crippen LogP contribution in [0, 0.1) is 6.92 Å². The first-order valence-corrected chi connectivity index (χ1v) is 5.37. The first kappa shape index (κ1) is 9.66. The van der Waals surface area contributed by atoms with Gasteiger partial charge in [0, 0.05) is 18.4 Å². The van der Waals surface area contributed by atoms with Gasteiger partial charge in [0.15, 0.2) is 0 Å². The lowest BCUT2D eigenvalue weighted by Gasteiger charge is -2.29. The van der Waals surface area contributed by atoms with Crippen LogP contribution in [-0.4, -0.2) is 30.0 Å². The predicted molar refractivity (Wildman–Crippen MR) is 58.4 cm³/mol. The largest absolute Gasteiger partial charge is 0.306 e. The van der Waals surface area contributed by atoms with Gasteiger partial charge in [0.2, 0.25) is 0 Å². The van der Waals surface area contributed by atoms with Gasteiger partial charge in [0.05, 0.1) is 0 Å². The zero-order chi connectivity index (χ0) is 9.97. The Hall–Kier alpha value is -0.890. The highest BCUT2D eigenvalue weighted by Gasteiger charge is 2.18. The number of hydrogen-bond acceptors (Lipinski definition) is 2. The summed E-state index contributed by atoms with van der Waals surface area (Å²) in [6, 6.07) is 4.39. The molecule has 2 nitrogen and oxygen atoms in total. The molecule has 1 aliphatic rings.